The predicted octanol–water partition coefficient (Wildman–Crippen LogP) is 0.728. The summed E-state index contributed by atoms with van der Waals surface area (Å²) in [4.78, 5) is 30.6. The van der Waals surface area contributed by atoms with E-state index in [1.807, 2.05) is 32.0 Å². The highest BCUT2D eigenvalue weighted by atomic mass is 16.3. The second-order valence-electron chi connectivity index (χ2n) is 7.18. The minimum Gasteiger partial charge on any atom is -0.395 e. The number of aliphatic hydroxyl groups is 1. The third kappa shape index (κ3) is 4.16. The maximum atomic E-state index is 12.5. The SMILES string of the molecule is Cc1ccc(N2CC(NC(=O)N3CCN(CCO)CC3)CC2=O)cc1C. The van der Waals surface area contributed by atoms with Crippen LogP contribution >= 0.6 is 0 Å². The lowest BCUT2D eigenvalue weighted by molar-refractivity contribution is -0.117. The van der Waals surface area contributed by atoms with Gasteiger partial charge in [0.1, 0.15) is 0 Å². The molecule has 1 atom stereocenters. The van der Waals surface area contributed by atoms with Gasteiger partial charge < -0.3 is 20.2 Å². The van der Waals surface area contributed by atoms with Gasteiger partial charge in [-0.25, -0.2) is 4.79 Å². The van der Waals surface area contributed by atoms with Gasteiger partial charge in [0.25, 0.3) is 0 Å². The van der Waals surface area contributed by atoms with E-state index in [0.29, 0.717) is 32.6 Å². The summed E-state index contributed by atoms with van der Waals surface area (Å²) in [6.07, 6.45) is 0.336. The first-order valence-electron chi connectivity index (χ1n) is 9.24. The molecule has 0 bridgehead atoms. The van der Waals surface area contributed by atoms with Crippen LogP contribution in [-0.4, -0.2) is 78.8 Å². The van der Waals surface area contributed by atoms with Gasteiger partial charge in [-0.2, -0.15) is 0 Å². The minimum absolute atomic E-state index is 0.0475. The minimum atomic E-state index is -0.160. The molecule has 2 aliphatic rings. The van der Waals surface area contributed by atoms with Crippen molar-refractivity contribution >= 4 is 17.6 Å². The Labute approximate surface area is 154 Å². The summed E-state index contributed by atoms with van der Waals surface area (Å²) >= 11 is 0. The van der Waals surface area contributed by atoms with E-state index < -0.39 is 0 Å². The van der Waals surface area contributed by atoms with Crippen molar-refractivity contribution in [2.24, 2.45) is 0 Å². The van der Waals surface area contributed by atoms with Gasteiger partial charge in [-0.3, -0.25) is 9.69 Å². The van der Waals surface area contributed by atoms with Crippen molar-refractivity contribution in [3.63, 3.8) is 0 Å². The molecule has 0 saturated carbocycles. The molecule has 2 aliphatic heterocycles. The fraction of sp³-hybridized carbons (Fsp3) is 0.579. The van der Waals surface area contributed by atoms with Crippen LogP contribution in [-0.2, 0) is 4.79 Å². The third-order valence-corrected chi connectivity index (χ3v) is 5.33. The van der Waals surface area contributed by atoms with Crippen molar-refractivity contribution in [2.45, 2.75) is 26.3 Å². The number of anilines is 1. The van der Waals surface area contributed by atoms with E-state index >= 15 is 0 Å². The van der Waals surface area contributed by atoms with Gasteiger partial charge in [0.2, 0.25) is 5.91 Å². The number of nitrogens with one attached hydrogen (secondary N) is 1. The Morgan fingerprint density at radius 2 is 1.92 bits per heavy atom. The van der Waals surface area contributed by atoms with E-state index in [1.165, 1.54) is 5.56 Å². The summed E-state index contributed by atoms with van der Waals surface area (Å²) in [6, 6.07) is 5.75. The monoisotopic (exact) mass is 360 g/mol. The topological polar surface area (TPSA) is 76.1 Å². The highest BCUT2D eigenvalue weighted by Gasteiger charge is 2.33. The number of amides is 3. The number of aryl methyl sites for hydroxylation is 2. The number of β-amino-alcohol motifs (C(OH)–C–C–N with tert-alkyl or cyclic N) is 1. The molecule has 142 valence electrons. The van der Waals surface area contributed by atoms with E-state index in [9.17, 15) is 9.59 Å². The van der Waals surface area contributed by atoms with Crippen LogP contribution in [0.4, 0.5) is 10.5 Å². The normalized spacial score (nSPS) is 21.3. The average molecular weight is 360 g/mol. The van der Waals surface area contributed by atoms with Gasteiger partial charge in [0.15, 0.2) is 0 Å². The smallest absolute Gasteiger partial charge is 0.317 e. The molecular formula is C19H28N4O3. The summed E-state index contributed by atoms with van der Waals surface area (Å²) in [6.45, 7) is 8.22. The first-order chi connectivity index (χ1) is 12.5. The molecule has 2 saturated heterocycles. The summed E-state index contributed by atoms with van der Waals surface area (Å²) < 4.78 is 0. The Kier molecular flexibility index (Phi) is 5.78. The lowest BCUT2D eigenvalue weighted by Gasteiger charge is -2.34. The maximum Gasteiger partial charge on any atom is 0.317 e. The number of hydrogen-bond acceptors (Lipinski definition) is 4. The van der Waals surface area contributed by atoms with Gasteiger partial charge >= 0.3 is 6.03 Å². The zero-order valence-electron chi connectivity index (χ0n) is 15.6. The molecule has 1 unspecified atom stereocenters. The molecule has 0 aromatic heterocycles. The van der Waals surface area contributed by atoms with Gasteiger partial charge in [0, 0.05) is 51.4 Å². The molecule has 3 amide bonds. The second-order valence-corrected chi connectivity index (χ2v) is 7.18. The van der Waals surface area contributed by atoms with Crippen molar-refractivity contribution in [3.05, 3.63) is 29.3 Å². The van der Waals surface area contributed by atoms with Crippen LogP contribution in [0.3, 0.4) is 0 Å². The highest BCUT2D eigenvalue weighted by molar-refractivity contribution is 5.97. The molecule has 1 aromatic carbocycles. The Hall–Kier alpha value is -2.12. The number of carbonyl (C=O) groups is 2. The molecule has 2 fully saturated rings. The Bertz CT molecular complexity index is 671. The van der Waals surface area contributed by atoms with Crippen molar-refractivity contribution in [1.29, 1.82) is 0 Å². The average Bonchev–Trinajstić information content (AvgIpc) is 2.98. The predicted molar refractivity (Wildman–Crippen MR) is 100 cm³/mol. The number of rotatable bonds is 4. The Balaban J connectivity index is 1.54. The van der Waals surface area contributed by atoms with E-state index in [4.69, 9.17) is 5.11 Å². The van der Waals surface area contributed by atoms with Crippen LogP contribution in [0.25, 0.3) is 0 Å². The van der Waals surface area contributed by atoms with Crippen LogP contribution in [0.1, 0.15) is 17.5 Å². The van der Waals surface area contributed by atoms with Crippen LogP contribution in [0.5, 0.6) is 0 Å². The summed E-state index contributed by atoms with van der Waals surface area (Å²) in [7, 11) is 0. The van der Waals surface area contributed by atoms with Crippen molar-refractivity contribution in [3.8, 4) is 0 Å². The molecule has 2 heterocycles. The highest BCUT2D eigenvalue weighted by Crippen LogP contribution is 2.24. The largest absolute Gasteiger partial charge is 0.395 e. The van der Waals surface area contributed by atoms with E-state index in [0.717, 1.165) is 24.3 Å². The number of benzene rings is 1. The van der Waals surface area contributed by atoms with Crippen LogP contribution in [0, 0.1) is 13.8 Å². The molecule has 0 spiro atoms. The quantitative estimate of drug-likeness (QED) is 0.830. The standard InChI is InChI=1S/C19H28N4O3/c1-14-3-4-17(11-15(14)2)23-13-16(12-18(23)25)20-19(26)22-7-5-21(6-8-22)9-10-24/h3-4,11,16,24H,5-10,12-13H2,1-2H3,(H,20,26). The van der Waals surface area contributed by atoms with Crippen molar-refractivity contribution in [2.75, 3.05) is 50.8 Å². The lowest BCUT2D eigenvalue weighted by atomic mass is 10.1. The fourth-order valence-corrected chi connectivity index (χ4v) is 3.53. The number of hydrogen-bond donors (Lipinski definition) is 2. The first kappa shape index (κ1) is 18.7. The molecule has 2 N–H and O–H groups in total. The van der Waals surface area contributed by atoms with Gasteiger partial charge in [-0.05, 0) is 37.1 Å². The fourth-order valence-electron chi connectivity index (χ4n) is 3.53. The number of carbonyl (C=O) groups excluding carboxylic acids is 2. The molecule has 7 nitrogen and oxygen atoms in total. The van der Waals surface area contributed by atoms with E-state index in [-0.39, 0.29) is 24.6 Å². The van der Waals surface area contributed by atoms with E-state index in [1.54, 1.807) is 9.80 Å². The van der Waals surface area contributed by atoms with Crippen molar-refractivity contribution in [1.82, 2.24) is 15.1 Å². The zero-order valence-corrected chi connectivity index (χ0v) is 15.6. The Morgan fingerprint density at radius 1 is 1.19 bits per heavy atom. The number of urea groups is 1. The number of aliphatic hydroxyl groups excluding tert-OH is 1. The second kappa shape index (κ2) is 8.05. The summed E-state index contributed by atoms with van der Waals surface area (Å²) in [5, 5.41) is 12.0. The lowest BCUT2D eigenvalue weighted by Crippen LogP contribution is -2.54. The van der Waals surface area contributed by atoms with Gasteiger partial charge in [0.05, 0.1) is 12.6 Å². The zero-order chi connectivity index (χ0) is 18.7. The molecule has 1 aromatic rings. The first-order valence-corrected chi connectivity index (χ1v) is 9.24. The summed E-state index contributed by atoms with van der Waals surface area (Å²) in [5.41, 5.74) is 3.25. The van der Waals surface area contributed by atoms with Gasteiger partial charge in [-0.1, -0.05) is 6.07 Å². The molecule has 3 rings (SSSR count). The van der Waals surface area contributed by atoms with Crippen LogP contribution in [0.2, 0.25) is 0 Å². The van der Waals surface area contributed by atoms with Crippen molar-refractivity contribution < 1.29 is 14.7 Å². The molecule has 0 aliphatic carbocycles. The van der Waals surface area contributed by atoms with Gasteiger partial charge in [-0.15, -0.1) is 0 Å². The molecule has 7 heteroatoms. The van der Waals surface area contributed by atoms with E-state index in [2.05, 4.69) is 10.2 Å². The molecular weight excluding hydrogens is 332 g/mol. The maximum absolute atomic E-state index is 12.5. The molecule has 0 radical (unpaired) electrons. The van der Waals surface area contributed by atoms with Crippen LogP contribution in [0.15, 0.2) is 18.2 Å². The summed E-state index contributed by atoms with van der Waals surface area (Å²) in [5.74, 6) is 0.0475. The van der Waals surface area contributed by atoms with Crippen LogP contribution < -0.4 is 10.2 Å². The Morgan fingerprint density at radius 3 is 2.58 bits per heavy atom. The third-order valence-electron chi connectivity index (χ3n) is 5.33. The number of nitrogens with zero attached hydrogens (tertiary/aromatic N) is 3. The molecule has 26 heavy (non-hydrogen) atoms. The number of piperazine rings is 1.